The number of rotatable bonds is 9. The van der Waals surface area contributed by atoms with Gasteiger partial charge in [-0.25, -0.2) is 13.1 Å². The van der Waals surface area contributed by atoms with E-state index in [0.717, 1.165) is 36.1 Å². The van der Waals surface area contributed by atoms with Gasteiger partial charge in [0.1, 0.15) is 0 Å². The molecule has 0 saturated carbocycles. The summed E-state index contributed by atoms with van der Waals surface area (Å²) in [5.74, 6) is 1.13. The molecule has 0 unspecified atom stereocenters. The molecule has 114 valence electrons. The first-order valence-electron chi connectivity index (χ1n) is 6.80. The molecule has 0 bridgehead atoms. The van der Waals surface area contributed by atoms with Crippen molar-refractivity contribution in [1.29, 1.82) is 0 Å². The van der Waals surface area contributed by atoms with E-state index < -0.39 is 10.0 Å². The average Bonchev–Trinajstić information content (AvgIpc) is 2.42. The van der Waals surface area contributed by atoms with Crippen LogP contribution in [0.25, 0.3) is 0 Å². The third-order valence-electron chi connectivity index (χ3n) is 3.22. The van der Waals surface area contributed by atoms with Crippen LogP contribution in [-0.4, -0.2) is 27.0 Å². The summed E-state index contributed by atoms with van der Waals surface area (Å²) in [6.07, 6.45) is 5.13. The third-order valence-corrected chi connectivity index (χ3v) is 5.53. The number of unbranched alkanes of at least 4 members (excludes halogenated alkanes) is 2. The molecule has 6 heteroatoms. The van der Waals surface area contributed by atoms with Crippen molar-refractivity contribution in [2.45, 2.75) is 37.6 Å². The molecule has 1 aromatic rings. The maximum Gasteiger partial charge on any atom is 0.240 e. The highest BCUT2D eigenvalue weighted by Crippen LogP contribution is 2.18. The minimum atomic E-state index is -3.43. The Bertz CT molecular complexity index is 516. The van der Waals surface area contributed by atoms with Crippen LogP contribution in [0.5, 0.6) is 0 Å². The number of nitrogens with two attached hydrogens (primary N) is 1. The Morgan fingerprint density at radius 3 is 2.65 bits per heavy atom. The second-order valence-electron chi connectivity index (χ2n) is 4.70. The first-order chi connectivity index (χ1) is 9.53. The molecule has 0 aromatic heterocycles. The standard InChI is InChI=1S/C14H24N2O2S2/c1-12-13(11-15)7-6-8-14(12)20(17,18)16-9-4-3-5-10-19-2/h6-8,16H,3-5,9-11,15H2,1-2H3. The number of thioether (sulfide) groups is 1. The van der Waals surface area contributed by atoms with E-state index in [-0.39, 0.29) is 0 Å². The number of sulfonamides is 1. The van der Waals surface area contributed by atoms with Crippen LogP contribution in [0.15, 0.2) is 23.1 Å². The molecule has 0 aliphatic carbocycles. The summed E-state index contributed by atoms with van der Waals surface area (Å²) in [4.78, 5) is 0.338. The van der Waals surface area contributed by atoms with Crippen LogP contribution in [0.1, 0.15) is 30.4 Å². The van der Waals surface area contributed by atoms with Crippen LogP contribution >= 0.6 is 11.8 Å². The van der Waals surface area contributed by atoms with E-state index in [1.807, 2.05) is 17.8 Å². The fourth-order valence-corrected chi connectivity index (χ4v) is 3.86. The van der Waals surface area contributed by atoms with Gasteiger partial charge in [-0.1, -0.05) is 18.6 Å². The van der Waals surface area contributed by atoms with Gasteiger partial charge in [0.2, 0.25) is 10.0 Å². The van der Waals surface area contributed by atoms with Crippen molar-refractivity contribution in [2.24, 2.45) is 5.73 Å². The molecular formula is C14H24N2O2S2. The predicted octanol–water partition coefficient (Wildman–Crippen LogP) is 2.27. The Hall–Kier alpha value is -0.560. The summed E-state index contributed by atoms with van der Waals surface area (Å²) in [5, 5.41) is 0. The SMILES string of the molecule is CSCCCCCNS(=O)(=O)c1cccc(CN)c1C. The van der Waals surface area contributed by atoms with Gasteiger partial charge >= 0.3 is 0 Å². The molecule has 0 saturated heterocycles. The number of hydrogen-bond acceptors (Lipinski definition) is 4. The summed E-state index contributed by atoms with van der Waals surface area (Å²) >= 11 is 1.82. The van der Waals surface area contributed by atoms with E-state index in [9.17, 15) is 8.42 Å². The van der Waals surface area contributed by atoms with Crippen LogP contribution < -0.4 is 10.5 Å². The molecule has 0 amide bonds. The lowest BCUT2D eigenvalue weighted by Gasteiger charge is -2.11. The third kappa shape index (κ3) is 5.09. The fourth-order valence-electron chi connectivity index (χ4n) is 2.00. The van der Waals surface area contributed by atoms with E-state index in [4.69, 9.17) is 5.73 Å². The van der Waals surface area contributed by atoms with Crippen LogP contribution in [0.4, 0.5) is 0 Å². The van der Waals surface area contributed by atoms with E-state index in [1.54, 1.807) is 19.1 Å². The highest BCUT2D eigenvalue weighted by molar-refractivity contribution is 7.98. The molecule has 0 aliphatic heterocycles. The molecule has 0 fully saturated rings. The van der Waals surface area contributed by atoms with Crippen molar-refractivity contribution in [3.05, 3.63) is 29.3 Å². The molecule has 0 heterocycles. The van der Waals surface area contributed by atoms with Gasteiger partial charge in [-0.15, -0.1) is 0 Å². The zero-order chi connectivity index (χ0) is 15.0. The number of nitrogens with one attached hydrogen (secondary N) is 1. The molecule has 4 nitrogen and oxygen atoms in total. The van der Waals surface area contributed by atoms with Crippen LogP contribution in [0.3, 0.4) is 0 Å². The topological polar surface area (TPSA) is 72.2 Å². The molecule has 3 N–H and O–H groups in total. The lowest BCUT2D eigenvalue weighted by atomic mass is 10.1. The molecule has 0 atom stereocenters. The molecule has 0 aliphatic rings. The minimum Gasteiger partial charge on any atom is -0.326 e. The second-order valence-corrected chi connectivity index (χ2v) is 7.42. The fraction of sp³-hybridized carbons (Fsp3) is 0.571. The molecular weight excluding hydrogens is 292 g/mol. The highest BCUT2D eigenvalue weighted by atomic mass is 32.2. The van der Waals surface area contributed by atoms with Crippen molar-refractivity contribution >= 4 is 21.8 Å². The van der Waals surface area contributed by atoms with Crippen molar-refractivity contribution in [3.63, 3.8) is 0 Å². The van der Waals surface area contributed by atoms with Crippen LogP contribution in [0.2, 0.25) is 0 Å². The zero-order valence-electron chi connectivity index (χ0n) is 12.2. The van der Waals surface area contributed by atoms with E-state index >= 15 is 0 Å². The van der Waals surface area contributed by atoms with Gasteiger partial charge in [0.05, 0.1) is 4.90 Å². The number of benzene rings is 1. The first kappa shape index (κ1) is 17.5. The first-order valence-corrected chi connectivity index (χ1v) is 9.67. The summed E-state index contributed by atoms with van der Waals surface area (Å²) < 4.78 is 27.2. The van der Waals surface area contributed by atoms with Gasteiger partial charge in [-0.2, -0.15) is 11.8 Å². The molecule has 1 rings (SSSR count). The quantitative estimate of drug-likeness (QED) is 0.686. The normalized spacial score (nSPS) is 11.8. The minimum absolute atomic E-state index is 0.338. The lowest BCUT2D eigenvalue weighted by Crippen LogP contribution is -2.26. The number of hydrogen-bond donors (Lipinski definition) is 2. The Balaban J connectivity index is 2.61. The largest absolute Gasteiger partial charge is 0.326 e. The van der Waals surface area contributed by atoms with Crippen molar-refractivity contribution in [1.82, 2.24) is 4.72 Å². The van der Waals surface area contributed by atoms with Crippen LogP contribution in [-0.2, 0) is 16.6 Å². The van der Waals surface area contributed by atoms with Crippen molar-refractivity contribution < 1.29 is 8.42 Å². The highest BCUT2D eigenvalue weighted by Gasteiger charge is 2.17. The lowest BCUT2D eigenvalue weighted by molar-refractivity contribution is 0.575. The Kier molecular flexibility index (Phi) is 7.58. The van der Waals surface area contributed by atoms with Gasteiger partial charge in [-0.3, -0.25) is 0 Å². The Morgan fingerprint density at radius 2 is 2.00 bits per heavy atom. The van der Waals surface area contributed by atoms with Crippen LogP contribution in [0, 0.1) is 6.92 Å². The Labute approximate surface area is 126 Å². The Morgan fingerprint density at radius 1 is 1.25 bits per heavy atom. The van der Waals surface area contributed by atoms with Crippen molar-refractivity contribution in [2.75, 3.05) is 18.6 Å². The summed E-state index contributed by atoms with van der Waals surface area (Å²) in [7, 11) is -3.43. The van der Waals surface area contributed by atoms with Crippen molar-refractivity contribution in [3.8, 4) is 0 Å². The van der Waals surface area contributed by atoms with Gasteiger partial charge in [0, 0.05) is 13.1 Å². The summed E-state index contributed by atoms with van der Waals surface area (Å²) in [5.41, 5.74) is 7.22. The smallest absolute Gasteiger partial charge is 0.240 e. The maximum absolute atomic E-state index is 12.3. The monoisotopic (exact) mass is 316 g/mol. The van der Waals surface area contributed by atoms with Gasteiger partial charge in [-0.05, 0) is 49.0 Å². The molecule has 0 radical (unpaired) electrons. The summed E-state index contributed by atoms with van der Waals surface area (Å²) in [6.45, 7) is 2.64. The van der Waals surface area contributed by atoms with Gasteiger partial charge in [0.15, 0.2) is 0 Å². The van der Waals surface area contributed by atoms with Gasteiger partial charge in [0.25, 0.3) is 0 Å². The molecule has 1 aromatic carbocycles. The molecule has 20 heavy (non-hydrogen) atoms. The van der Waals surface area contributed by atoms with E-state index in [1.165, 1.54) is 0 Å². The van der Waals surface area contributed by atoms with Gasteiger partial charge < -0.3 is 5.73 Å². The maximum atomic E-state index is 12.3. The second kappa shape index (κ2) is 8.67. The molecule has 0 spiro atoms. The predicted molar refractivity (Wildman–Crippen MR) is 86.5 cm³/mol. The zero-order valence-corrected chi connectivity index (χ0v) is 13.8. The van der Waals surface area contributed by atoms with E-state index in [0.29, 0.717) is 18.0 Å². The van der Waals surface area contributed by atoms with E-state index in [2.05, 4.69) is 11.0 Å². The average molecular weight is 316 g/mol. The summed E-state index contributed by atoms with van der Waals surface area (Å²) in [6, 6.07) is 5.23.